The van der Waals surface area contributed by atoms with Crippen LogP contribution in [0.15, 0.2) is 42.5 Å². The van der Waals surface area contributed by atoms with E-state index in [1.807, 2.05) is 6.07 Å². The molecule has 0 unspecified atom stereocenters. The summed E-state index contributed by atoms with van der Waals surface area (Å²) in [6, 6.07) is 11.7. The summed E-state index contributed by atoms with van der Waals surface area (Å²) in [5.41, 5.74) is 5.30. The number of nitrogens with one attached hydrogen (secondary N) is 2. The normalized spacial score (nSPS) is 10.3. The highest BCUT2D eigenvalue weighted by Crippen LogP contribution is 2.29. The van der Waals surface area contributed by atoms with Gasteiger partial charge < -0.3 is 14.2 Å². The predicted molar refractivity (Wildman–Crippen MR) is 121 cm³/mol. The molecule has 0 aromatic heterocycles. The molecular weight excluding hydrogens is 457 g/mol. The Morgan fingerprint density at radius 3 is 2.56 bits per heavy atom. The van der Waals surface area contributed by atoms with Crippen molar-refractivity contribution in [1.29, 1.82) is 5.26 Å². The number of nitrogens with zero attached hydrogens (tertiary/aromatic N) is 1. The number of carbonyl (C=O) groups excluding carboxylic acids is 2. The second kappa shape index (κ2) is 13.1. The number of rotatable bonds is 10. The van der Waals surface area contributed by atoms with E-state index < -0.39 is 5.91 Å². The molecule has 0 aliphatic heterocycles. The maximum Gasteiger partial charge on any atom is 0.262 e. The maximum atomic E-state index is 11.9. The van der Waals surface area contributed by atoms with Crippen molar-refractivity contribution in [3.63, 3.8) is 0 Å². The molecule has 10 heteroatoms. The van der Waals surface area contributed by atoms with E-state index in [0.717, 1.165) is 0 Å². The highest BCUT2D eigenvalue weighted by atomic mass is 35.5. The molecule has 0 fully saturated rings. The molecule has 2 aromatic carbocycles. The van der Waals surface area contributed by atoms with Gasteiger partial charge in [0.2, 0.25) is 5.91 Å². The van der Waals surface area contributed by atoms with Gasteiger partial charge in [0.1, 0.15) is 11.8 Å². The van der Waals surface area contributed by atoms with Gasteiger partial charge in [-0.2, -0.15) is 5.26 Å². The van der Waals surface area contributed by atoms with Crippen LogP contribution in [0.5, 0.6) is 17.2 Å². The van der Waals surface area contributed by atoms with Crippen LogP contribution in [0.25, 0.3) is 6.08 Å². The fourth-order valence-electron chi connectivity index (χ4n) is 2.43. The average Bonchev–Trinajstić information content (AvgIpc) is 2.79. The third-order valence-corrected chi connectivity index (χ3v) is 4.46. The van der Waals surface area contributed by atoms with E-state index in [0.29, 0.717) is 39.3 Å². The standard InChI is InChI=1S/C22H21Cl2N3O5/c1-30-20-13-15(4-7-19(20)32-12-10-25)5-9-22(29)27-26-21(28)3-2-11-31-18-8-6-16(23)14-17(18)24/h4-9,13-14H,2-3,11-12H2,1H3,(H,26,28)(H,27,29)/b9-5+. The van der Waals surface area contributed by atoms with Crippen molar-refractivity contribution in [2.24, 2.45) is 0 Å². The molecule has 2 N–H and O–H groups in total. The lowest BCUT2D eigenvalue weighted by Crippen LogP contribution is -2.40. The first-order valence-electron chi connectivity index (χ1n) is 9.45. The number of amides is 2. The van der Waals surface area contributed by atoms with Crippen molar-refractivity contribution in [2.45, 2.75) is 12.8 Å². The lowest BCUT2D eigenvalue weighted by atomic mass is 10.2. The molecule has 2 rings (SSSR count). The summed E-state index contributed by atoms with van der Waals surface area (Å²) in [6.07, 6.45) is 3.38. The number of hydrogen-bond acceptors (Lipinski definition) is 6. The lowest BCUT2D eigenvalue weighted by molar-refractivity contribution is -0.126. The van der Waals surface area contributed by atoms with Gasteiger partial charge in [0.15, 0.2) is 18.1 Å². The third-order valence-electron chi connectivity index (χ3n) is 3.93. The first kappa shape index (κ1) is 24.9. The smallest absolute Gasteiger partial charge is 0.262 e. The van der Waals surface area contributed by atoms with Gasteiger partial charge in [-0.25, -0.2) is 0 Å². The summed E-state index contributed by atoms with van der Waals surface area (Å²) in [5.74, 6) is 0.462. The van der Waals surface area contributed by atoms with Crippen molar-refractivity contribution in [2.75, 3.05) is 20.3 Å². The minimum absolute atomic E-state index is 0.103. The summed E-state index contributed by atoms with van der Waals surface area (Å²) in [5, 5.41) is 9.49. The molecule has 0 spiro atoms. The van der Waals surface area contributed by atoms with Crippen LogP contribution in [0, 0.1) is 11.3 Å². The monoisotopic (exact) mass is 477 g/mol. The number of ether oxygens (including phenoxy) is 3. The number of nitriles is 1. The number of methoxy groups -OCH3 is 1. The molecule has 2 aromatic rings. The molecule has 0 radical (unpaired) electrons. The summed E-state index contributed by atoms with van der Waals surface area (Å²) >= 11 is 11.8. The minimum Gasteiger partial charge on any atom is -0.493 e. The number of benzene rings is 2. The summed E-state index contributed by atoms with van der Waals surface area (Å²) < 4.78 is 15.9. The largest absolute Gasteiger partial charge is 0.493 e. The number of hydrazine groups is 1. The molecule has 2 amide bonds. The Kier molecular flexibility index (Phi) is 10.2. The molecule has 0 aliphatic carbocycles. The van der Waals surface area contributed by atoms with Gasteiger partial charge in [-0.05, 0) is 48.4 Å². The Labute approximate surface area is 195 Å². The van der Waals surface area contributed by atoms with Crippen LogP contribution in [0.1, 0.15) is 18.4 Å². The highest BCUT2D eigenvalue weighted by molar-refractivity contribution is 6.35. The third kappa shape index (κ3) is 8.38. The molecule has 32 heavy (non-hydrogen) atoms. The number of halogens is 2. The molecule has 8 nitrogen and oxygen atoms in total. The van der Waals surface area contributed by atoms with Crippen LogP contribution >= 0.6 is 23.2 Å². The molecule has 0 saturated heterocycles. The average molecular weight is 478 g/mol. The van der Waals surface area contributed by atoms with Crippen LogP contribution in [0.3, 0.4) is 0 Å². The number of hydrogen-bond donors (Lipinski definition) is 2. The van der Waals surface area contributed by atoms with Crippen molar-refractivity contribution < 1.29 is 23.8 Å². The second-order valence-electron chi connectivity index (χ2n) is 6.25. The molecule has 0 saturated carbocycles. The van der Waals surface area contributed by atoms with E-state index in [-0.39, 0.29) is 25.5 Å². The Morgan fingerprint density at radius 2 is 1.84 bits per heavy atom. The van der Waals surface area contributed by atoms with E-state index in [4.69, 9.17) is 42.7 Å². The first-order chi connectivity index (χ1) is 15.4. The van der Waals surface area contributed by atoms with E-state index >= 15 is 0 Å². The molecule has 168 valence electrons. The fourth-order valence-corrected chi connectivity index (χ4v) is 2.89. The van der Waals surface area contributed by atoms with Crippen molar-refractivity contribution in [3.8, 4) is 23.3 Å². The summed E-state index contributed by atoms with van der Waals surface area (Å²) in [7, 11) is 1.47. The van der Waals surface area contributed by atoms with E-state index in [9.17, 15) is 9.59 Å². The van der Waals surface area contributed by atoms with E-state index in [1.54, 1.807) is 42.5 Å². The number of carbonyl (C=O) groups is 2. The SMILES string of the molecule is COc1cc(/C=C/C(=O)NNC(=O)CCCOc2ccc(Cl)cc2Cl)ccc1OCC#N. The van der Waals surface area contributed by atoms with Gasteiger partial charge in [0, 0.05) is 17.5 Å². The topological polar surface area (TPSA) is 110 Å². The van der Waals surface area contributed by atoms with Gasteiger partial charge in [-0.1, -0.05) is 29.3 Å². The zero-order chi connectivity index (χ0) is 23.3. The minimum atomic E-state index is -0.508. The van der Waals surface area contributed by atoms with Gasteiger partial charge >= 0.3 is 0 Å². The Bertz CT molecular complexity index is 1020. The zero-order valence-electron chi connectivity index (χ0n) is 17.2. The van der Waals surface area contributed by atoms with Gasteiger partial charge in [0.25, 0.3) is 5.91 Å². The Balaban J connectivity index is 1.72. The van der Waals surface area contributed by atoms with Crippen LogP contribution in [0.2, 0.25) is 10.0 Å². The summed E-state index contributed by atoms with van der Waals surface area (Å²) in [4.78, 5) is 23.8. The van der Waals surface area contributed by atoms with Crippen molar-refractivity contribution in [3.05, 3.63) is 58.1 Å². The van der Waals surface area contributed by atoms with Crippen LogP contribution in [-0.2, 0) is 9.59 Å². The van der Waals surface area contributed by atoms with Crippen LogP contribution < -0.4 is 25.1 Å². The molecule has 0 heterocycles. The lowest BCUT2D eigenvalue weighted by Gasteiger charge is -2.09. The molecule has 0 bridgehead atoms. The van der Waals surface area contributed by atoms with Gasteiger partial charge in [-0.15, -0.1) is 0 Å². The molecule has 0 aliphatic rings. The van der Waals surface area contributed by atoms with Crippen molar-refractivity contribution >= 4 is 41.1 Å². The van der Waals surface area contributed by atoms with Crippen molar-refractivity contribution in [1.82, 2.24) is 10.9 Å². The first-order valence-corrected chi connectivity index (χ1v) is 10.2. The zero-order valence-corrected chi connectivity index (χ0v) is 18.7. The van der Waals surface area contributed by atoms with Gasteiger partial charge in [0.05, 0.1) is 18.7 Å². The fraction of sp³-hybridized carbons (Fsp3) is 0.227. The Morgan fingerprint density at radius 1 is 1.06 bits per heavy atom. The van der Waals surface area contributed by atoms with E-state index in [1.165, 1.54) is 13.2 Å². The molecule has 0 atom stereocenters. The molecular formula is C22H21Cl2N3O5. The predicted octanol–water partition coefficient (Wildman–Crippen LogP) is 3.92. The van der Waals surface area contributed by atoms with Crippen LogP contribution in [-0.4, -0.2) is 32.1 Å². The quantitative estimate of drug-likeness (QED) is 0.304. The highest BCUT2D eigenvalue weighted by Gasteiger charge is 2.07. The maximum absolute atomic E-state index is 11.9. The van der Waals surface area contributed by atoms with E-state index in [2.05, 4.69) is 10.9 Å². The van der Waals surface area contributed by atoms with Gasteiger partial charge in [-0.3, -0.25) is 20.4 Å². The second-order valence-corrected chi connectivity index (χ2v) is 7.10. The van der Waals surface area contributed by atoms with Crippen LogP contribution in [0.4, 0.5) is 0 Å². The Hall–Kier alpha value is -3.41. The summed E-state index contributed by atoms with van der Waals surface area (Å²) in [6.45, 7) is 0.174.